The summed E-state index contributed by atoms with van der Waals surface area (Å²) in [5.41, 5.74) is 1.66. The normalized spacial score (nSPS) is 10.3. The molecule has 110 valence electrons. The molecule has 0 atom stereocenters. The molecule has 0 aliphatic rings. The summed E-state index contributed by atoms with van der Waals surface area (Å²) in [6, 6.07) is 6.56. The maximum atomic E-state index is 11.9. The van der Waals surface area contributed by atoms with Gasteiger partial charge in [0.05, 0.1) is 19.3 Å². The van der Waals surface area contributed by atoms with Crippen molar-refractivity contribution in [2.45, 2.75) is 19.7 Å². The number of hydrogen-bond acceptors (Lipinski definition) is 5. The number of carboxylic acids is 1. The standard InChI is InChI=1S/C13H14N4O4/c18-8-9-1-3-10(4-2-9)13(21)14-5-11-6-17(16-15-11)7-12(19)20/h1-4,6,18H,5,7-8H2,(H,14,21)(H,19,20). The zero-order valence-corrected chi connectivity index (χ0v) is 11.1. The molecule has 0 radical (unpaired) electrons. The Kier molecular flexibility index (Phi) is 4.62. The van der Waals surface area contributed by atoms with Crippen molar-refractivity contribution in [3.63, 3.8) is 0 Å². The summed E-state index contributed by atoms with van der Waals surface area (Å²) >= 11 is 0. The Morgan fingerprint density at radius 2 is 1.95 bits per heavy atom. The Balaban J connectivity index is 1.91. The zero-order chi connectivity index (χ0) is 15.2. The highest BCUT2D eigenvalue weighted by Crippen LogP contribution is 2.04. The molecule has 2 rings (SSSR count). The number of amides is 1. The molecule has 1 heterocycles. The highest BCUT2D eigenvalue weighted by Gasteiger charge is 2.08. The van der Waals surface area contributed by atoms with Crippen LogP contribution in [0.1, 0.15) is 21.6 Å². The van der Waals surface area contributed by atoms with Gasteiger partial charge in [0.25, 0.3) is 5.91 Å². The molecular formula is C13H14N4O4. The molecule has 0 aliphatic heterocycles. The number of aliphatic hydroxyl groups is 1. The summed E-state index contributed by atoms with van der Waals surface area (Å²) in [6.07, 6.45) is 1.46. The van der Waals surface area contributed by atoms with Crippen LogP contribution in [0.3, 0.4) is 0 Å². The summed E-state index contributed by atoms with van der Waals surface area (Å²) in [4.78, 5) is 22.4. The number of carbonyl (C=O) groups is 2. The maximum Gasteiger partial charge on any atom is 0.325 e. The third kappa shape index (κ3) is 4.11. The van der Waals surface area contributed by atoms with Gasteiger partial charge < -0.3 is 15.5 Å². The summed E-state index contributed by atoms with van der Waals surface area (Å²) in [6.45, 7) is -0.196. The number of aliphatic carboxylic acids is 1. The maximum absolute atomic E-state index is 11.9. The molecule has 1 amide bonds. The van der Waals surface area contributed by atoms with Crippen LogP contribution in [0.25, 0.3) is 0 Å². The Morgan fingerprint density at radius 3 is 2.57 bits per heavy atom. The van der Waals surface area contributed by atoms with Gasteiger partial charge in [-0.1, -0.05) is 17.3 Å². The monoisotopic (exact) mass is 290 g/mol. The van der Waals surface area contributed by atoms with E-state index in [1.807, 2.05) is 0 Å². The average molecular weight is 290 g/mol. The molecular weight excluding hydrogens is 276 g/mol. The predicted octanol–water partition coefficient (Wildman–Crippen LogP) is -0.215. The third-order valence-electron chi connectivity index (χ3n) is 2.71. The Morgan fingerprint density at radius 1 is 1.24 bits per heavy atom. The molecule has 0 saturated heterocycles. The van der Waals surface area contributed by atoms with Crippen molar-refractivity contribution in [2.75, 3.05) is 0 Å². The van der Waals surface area contributed by atoms with Gasteiger partial charge in [0.2, 0.25) is 0 Å². The van der Waals surface area contributed by atoms with Crippen LogP contribution in [0.2, 0.25) is 0 Å². The topological polar surface area (TPSA) is 117 Å². The molecule has 8 nitrogen and oxygen atoms in total. The minimum atomic E-state index is -1.01. The fraction of sp³-hybridized carbons (Fsp3) is 0.231. The van der Waals surface area contributed by atoms with Crippen LogP contribution in [0.15, 0.2) is 30.5 Å². The van der Waals surface area contributed by atoms with Gasteiger partial charge in [0, 0.05) is 5.56 Å². The average Bonchev–Trinajstić information content (AvgIpc) is 2.91. The lowest BCUT2D eigenvalue weighted by Gasteiger charge is -2.03. The second-order valence-corrected chi connectivity index (χ2v) is 4.34. The number of carboxylic acid groups (broad SMARTS) is 1. The Hall–Kier alpha value is -2.74. The van der Waals surface area contributed by atoms with E-state index in [9.17, 15) is 9.59 Å². The van der Waals surface area contributed by atoms with Crippen LogP contribution >= 0.6 is 0 Å². The van der Waals surface area contributed by atoms with Crippen LogP contribution in [-0.4, -0.2) is 37.1 Å². The lowest BCUT2D eigenvalue weighted by Crippen LogP contribution is -2.23. The number of hydrogen-bond donors (Lipinski definition) is 3. The first-order chi connectivity index (χ1) is 10.1. The largest absolute Gasteiger partial charge is 0.480 e. The molecule has 1 aromatic heterocycles. The first kappa shape index (κ1) is 14.7. The number of aromatic nitrogens is 3. The van der Waals surface area contributed by atoms with Crippen LogP contribution in [-0.2, 0) is 24.5 Å². The molecule has 0 aliphatic carbocycles. The van der Waals surface area contributed by atoms with E-state index in [1.54, 1.807) is 24.3 Å². The van der Waals surface area contributed by atoms with Crippen molar-refractivity contribution in [3.8, 4) is 0 Å². The van der Waals surface area contributed by atoms with Crippen LogP contribution in [0.5, 0.6) is 0 Å². The van der Waals surface area contributed by atoms with Crippen LogP contribution in [0.4, 0.5) is 0 Å². The smallest absolute Gasteiger partial charge is 0.325 e. The summed E-state index contributed by atoms with van der Waals surface area (Å²) in [5, 5.41) is 27.6. The first-order valence-corrected chi connectivity index (χ1v) is 6.17. The molecule has 21 heavy (non-hydrogen) atoms. The van der Waals surface area contributed by atoms with E-state index >= 15 is 0 Å². The van der Waals surface area contributed by atoms with Crippen molar-refractivity contribution < 1.29 is 19.8 Å². The lowest BCUT2D eigenvalue weighted by atomic mass is 10.1. The van der Waals surface area contributed by atoms with Gasteiger partial charge in [-0.2, -0.15) is 0 Å². The van der Waals surface area contributed by atoms with E-state index < -0.39 is 5.97 Å². The fourth-order valence-electron chi connectivity index (χ4n) is 1.67. The van der Waals surface area contributed by atoms with Gasteiger partial charge in [0.15, 0.2) is 0 Å². The number of nitrogens with zero attached hydrogens (tertiary/aromatic N) is 3. The molecule has 2 aromatic rings. The van der Waals surface area contributed by atoms with E-state index in [0.29, 0.717) is 11.3 Å². The van der Waals surface area contributed by atoms with Crippen molar-refractivity contribution in [3.05, 3.63) is 47.3 Å². The second-order valence-electron chi connectivity index (χ2n) is 4.34. The third-order valence-corrected chi connectivity index (χ3v) is 2.71. The lowest BCUT2D eigenvalue weighted by molar-refractivity contribution is -0.137. The fourth-order valence-corrected chi connectivity index (χ4v) is 1.67. The predicted molar refractivity (Wildman–Crippen MR) is 71.2 cm³/mol. The van der Waals surface area contributed by atoms with Gasteiger partial charge >= 0.3 is 5.97 Å². The van der Waals surface area contributed by atoms with Gasteiger partial charge in [-0.25, -0.2) is 4.68 Å². The Bertz CT molecular complexity index is 636. The van der Waals surface area contributed by atoms with Gasteiger partial charge in [-0.05, 0) is 17.7 Å². The minimum Gasteiger partial charge on any atom is -0.480 e. The summed E-state index contributed by atoms with van der Waals surface area (Å²) < 4.78 is 1.18. The number of rotatable bonds is 6. The molecule has 0 spiro atoms. The van der Waals surface area contributed by atoms with Crippen molar-refractivity contribution in [1.82, 2.24) is 20.3 Å². The summed E-state index contributed by atoms with van der Waals surface area (Å²) in [7, 11) is 0. The molecule has 3 N–H and O–H groups in total. The van der Waals surface area contributed by atoms with E-state index in [1.165, 1.54) is 10.9 Å². The highest BCUT2D eigenvalue weighted by atomic mass is 16.4. The van der Waals surface area contributed by atoms with E-state index in [-0.39, 0.29) is 25.6 Å². The van der Waals surface area contributed by atoms with Crippen molar-refractivity contribution in [1.29, 1.82) is 0 Å². The molecule has 0 fully saturated rings. The van der Waals surface area contributed by atoms with E-state index in [0.717, 1.165) is 5.56 Å². The highest BCUT2D eigenvalue weighted by molar-refractivity contribution is 5.94. The zero-order valence-electron chi connectivity index (χ0n) is 11.1. The van der Waals surface area contributed by atoms with Crippen molar-refractivity contribution in [2.24, 2.45) is 0 Å². The molecule has 0 bridgehead atoms. The molecule has 0 saturated carbocycles. The molecule has 0 unspecified atom stereocenters. The van der Waals surface area contributed by atoms with Gasteiger partial charge in [-0.3, -0.25) is 9.59 Å². The van der Waals surface area contributed by atoms with Crippen LogP contribution < -0.4 is 5.32 Å². The number of benzene rings is 1. The van der Waals surface area contributed by atoms with E-state index in [4.69, 9.17) is 10.2 Å². The Labute approximate surface area is 120 Å². The minimum absolute atomic E-state index is 0.0748. The van der Waals surface area contributed by atoms with Crippen molar-refractivity contribution >= 4 is 11.9 Å². The number of nitrogens with one attached hydrogen (secondary N) is 1. The molecule has 1 aromatic carbocycles. The SMILES string of the molecule is O=C(O)Cn1cc(CNC(=O)c2ccc(CO)cc2)nn1. The first-order valence-electron chi connectivity index (χ1n) is 6.17. The van der Waals surface area contributed by atoms with Gasteiger partial charge in [0.1, 0.15) is 12.2 Å². The van der Waals surface area contributed by atoms with Gasteiger partial charge in [-0.15, -0.1) is 5.10 Å². The van der Waals surface area contributed by atoms with E-state index in [2.05, 4.69) is 15.6 Å². The number of carbonyl (C=O) groups excluding carboxylic acids is 1. The quantitative estimate of drug-likeness (QED) is 0.677. The molecule has 8 heteroatoms. The second kappa shape index (κ2) is 6.62. The number of aliphatic hydroxyl groups excluding tert-OH is 1. The summed E-state index contributed by atoms with van der Waals surface area (Å²) in [5.74, 6) is -1.30. The van der Waals surface area contributed by atoms with Crippen LogP contribution in [0, 0.1) is 0 Å².